The third-order valence-electron chi connectivity index (χ3n) is 8.64. The molecule has 0 saturated carbocycles. The van der Waals surface area contributed by atoms with Crippen LogP contribution in [0.1, 0.15) is 147 Å². The summed E-state index contributed by atoms with van der Waals surface area (Å²) in [6.45, 7) is 10.1. The predicted octanol–water partition coefficient (Wildman–Crippen LogP) is 12.1. The van der Waals surface area contributed by atoms with Gasteiger partial charge in [-0.15, -0.1) is 0 Å². The number of ketones is 2. The van der Waals surface area contributed by atoms with E-state index in [1.165, 1.54) is 83.1 Å². The molecular formula is C42H64N2O4. The summed E-state index contributed by atoms with van der Waals surface area (Å²) in [4.78, 5) is 25.3. The molecule has 0 aromatic heterocycles. The Bertz CT molecular complexity index is 1200. The van der Waals surface area contributed by atoms with Crippen LogP contribution in [-0.2, 0) is 4.79 Å². The molecule has 0 heterocycles. The molecule has 0 aliphatic carbocycles. The van der Waals surface area contributed by atoms with Gasteiger partial charge in [-0.2, -0.15) is 0 Å². The quantitative estimate of drug-likeness (QED) is 0.0514. The van der Waals surface area contributed by atoms with Gasteiger partial charge in [0.15, 0.2) is 11.6 Å². The standard InChI is InChI=1S/C42H64N2O4/c1-5-8-10-12-14-15-16-17-19-21-37(45)28-30-44-41-33-39(47-32-20-18-13-11-9-6-2)26-27-40(41)43-31-29-42(46)36-22-24-38(25-23-36)48-34-35(4)7-3/h22-31,33,35,43-44H,5-21,32,34H2,1-4H3/b30-28+,31-29+. The van der Waals surface area contributed by atoms with E-state index in [2.05, 4.69) is 38.3 Å². The minimum Gasteiger partial charge on any atom is -0.494 e. The van der Waals surface area contributed by atoms with E-state index in [9.17, 15) is 9.59 Å². The largest absolute Gasteiger partial charge is 0.494 e. The highest BCUT2D eigenvalue weighted by Crippen LogP contribution is 2.28. The first-order valence-corrected chi connectivity index (χ1v) is 18.9. The molecule has 0 saturated heterocycles. The van der Waals surface area contributed by atoms with Gasteiger partial charge < -0.3 is 20.1 Å². The maximum atomic E-state index is 12.8. The molecule has 6 nitrogen and oxygen atoms in total. The van der Waals surface area contributed by atoms with Gasteiger partial charge in [-0.05, 0) is 61.2 Å². The van der Waals surface area contributed by atoms with Crippen molar-refractivity contribution in [1.82, 2.24) is 0 Å². The molecule has 0 fully saturated rings. The number of nitrogens with one attached hydrogen (secondary N) is 2. The van der Waals surface area contributed by atoms with Gasteiger partial charge in [0.25, 0.3) is 0 Å². The van der Waals surface area contributed by atoms with Crippen molar-refractivity contribution in [3.63, 3.8) is 0 Å². The highest BCUT2D eigenvalue weighted by Gasteiger charge is 2.07. The average molecular weight is 661 g/mol. The average Bonchev–Trinajstić information content (AvgIpc) is 3.10. The van der Waals surface area contributed by atoms with E-state index in [-0.39, 0.29) is 11.6 Å². The summed E-state index contributed by atoms with van der Waals surface area (Å²) >= 11 is 0. The number of carbonyl (C=O) groups is 2. The van der Waals surface area contributed by atoms with Crippen LogP contribution in [0.4, 0.5) is 11.4 Å². The second-order valence-corrected chi connectivity index (χ2v) is 13.0. The van der Waals surface area contributed by atoms with E-state index in [0.29, 0.717) is 31.1 Å². The van der Waals surface area contributed by atoms with Gasteiger partial charge >= 0.3 is 0 Å². The molecule has 1 atom stereocenters. The number of benzene rings is 2. The van der Waals surface area contributed by atoms with E-state index in [1.54, 1.807) is 30.6 Å². The van der Waals surface area contributed by atoms with Crippen LogP contribution in [0, 0.1) is 5.92 Å². The predicted molar refractivity (Wildman–Crippen MR) is 203 cm³/mol. The Morgan fingerprint density at radius 3 is 1.85 bits per heavy atom. The van der Waals surface area contributed by atoms with Gasteiger partial charge in [0.05, 0.1) is 24.6 Å². The van der Waals surface area contributed by atoms with Gasteiger partial charge in [0, 0.05) is 36.5 Å². The van der Waals surface area contributed by atoms with Gasteiger partial charge in [0.1, 0.15) is 11.5 Å². The number of allylic oxidation sites excluding steroid dienone is 2. The molecule has 2 rings (SSSR count). The summed E-state index contributed by atoms with van der Waals surface area (Å²) in [6, 6.07) is 13.0. The van der Waals surface area contributed by atoms with Crippen molar-refractivity contribution in [2.24, 2.45) is 5.92 Å². The first-order valence-electron chi connectivity index (χ1n) is 18.9. The third kappa shape index (κ3) is 18.7. The minimum absolute atomic E-state index is 0.105. The molecule has 6 heteroatoms. The Balaban J connectivity index is 1.93. The second-order valence-electron chi connectivity index (χ2n) is 13.0. The lowest BCUT2D eigenvalue weighted by molar-refractivity contribution is -0.114. The Morgan fingerprint density at radius 1 is 0.646 bits per heavy atom. The lowest BCUT2D eigenvalue weighted by Crippen LogP contribution is -2.07. The highest BCUT2D eigenvalue weighted by atomic mass is 16.5. The molecule has 2 aromatic rings. The van der Waals surface area contributed by atoms with Crippen LogP contribution in [0.15, 0.2) is 67.0 Å². The van der Waals surface area contributed by atoms with Crippen molar-refractivity contribution in [3.8, 4) is 11.5 Å². The molecule has 2 aromatic carbocycles. The summed E-state index contributed by atoms with van der Waals surface area (Å²) < 4.78 is 11.9. The van der Waals surface area contributed by atoms with E-state index in [1.807, 2.05) is 30.3 Å². The number of carbonyl (C=O) groups excluding carboxylic acids is 2. The van der Waals surface area contributed by atoms with Crippen LogP contribution in [0.2, 0.25) is 0 Å². The summed E-state index contributed by atoms with van der Waals surface area (Å²) in [6.07, 6.45) is 26.5. The zero-order chi connectivity index (χ0) is 34.7. The first-order chi connectivity index (χ1) is 23.5. The smallest absolute Gasteiger partial charge is 0.187 e. The normalized spacial score (nSPS) is 12.0. The number of unbranched alkanes of at least 4 members (excludes halogenated alkanes) is 13. The van der Waals surface area contributed by atoms with Gasteiger partial charge in [-0.1, -0.05) is 118 Å². The van der Waals surface area contributed by atoms with Crippen LogP contribution >= 0.6 is 0 Å². The Kier molecular flexibility index (Phi) is 22.4. The van der Waals surface area contributed by atoms with E-state index in [4.69, 9.17) is 9.47 Å². The Hall–Kier alpha value is -3.54. The molecule has 0 aliphatic heterocycles. The molecule has 0 amide bonds. The molecule has 0 bridgehead atoms. The monoisotopic (exact) mass is 660 g/mol. The van der Waals surface area contributed by atoms with Gasteiger partial charge in [0.2, 0.25) is 0 Å². The fourth-order valence-corrected chi connectivity index (χ4v) is 5.22. The van der Waals surface area contributed by atoms with Crippen LogP contribution in [0.5, 0.6) is 11.5 Å². The van der Waals surface area contributed by atoms with Crippen molar-refractivity contribution in [3.05, 3.63) is 72.6 Å². The second kappa shape index (κ2) is 26.4. The summed E-state index contributed by atoms with van der Waals surface area (Å²) in [5.74, 6) is 2.04. The fraction of sp³-hybridized carbons (Fsp3) is 0.571. The minimum atomic E-state index is -0.105. The van der Waals surface area contributed by atoms with Gasteiger partial charge in [-0.3, -0.25) is 9.59 Å². The molecule has 0 spiro atoms. The molecular weight excluding hydrogens is 596 g/mol. The number of hydrogen-bond donors (Lipinski definition) is 2. The summed E-state index contributed by atoms with van der Waals surface area (Å²) in [5, 5.41) is 6.50. The Morgan fingerprint density at radius 2 is 1.21 bits per heavy atom. The van der Waals surface area contributed by atoms with E-state index in [0.717, 1.165) is 48.6 Å². The number of rotatable bonds is 29. The van der Waals surface area contributed by atoms with Crippen molar-refractivity contribution in [1.29, 1.82) is 0 Å². The van der Waals surface area contributed by atoms with Crippen LogP contribution < -0.4 is 20.1 Å². The lowest BCUT2D eigenvalue weighted by Gasteiger charge is -2.13. The first kappa shape index (κ1) is 40.6. The van der Waals surface area contributed by atoms with Crippen molar-refractivity contribution < 1.29 is 19.1 Å². The molecule has 266 valence electrons. The van der Waals surface area contributed by atoms with Crippen LogP contribution in [0.25, 0.3) is 0 Å². The lowest BCUT2D eigenvalue weighted by atomic mass is 10.1. The molecule has 0 radical (unpaired) electrons. The third-order valence-corrected chi connectivity index (χ3v) is 8.64. The van der Waals surface area contributed by atoms with E-state index < -0.39 is 0 Å². The van der Waals surface area contributed by atoms with E-state index >= 15 is 0 Å². The zero-order valence-electron chi connectivity index (χ0n) is 30.5. The maximum absolute atomic E-state index is 12.8. The van der Waals surface area contributed by atoms with Gasteiger partial charge in [-0.25, -0.2) is 0 Å². The SMILES string of the molecule is CCCCCCCCCCCC(=O)/C=C/Nc1cc(OCCCCCCCC)ccc1N/C=C/C(=O)c1ccc(OCC(C)CC)cc1. The van der Waals surface area contributed by atoms with Crippen molar-refractivity contribution in [2.45, 2.75) is 137 Å². The number of hydrogen-bond acceptors (Lipinski definition) is 6. The molecule has 0 aliphatic rings. The fourth-order valence-electron chi connectivity index (χ4n) is 5.22. The van der Waals surface area contributed by atoms with Crippen LogP contribution in [0.3, 0.4) is 0 Å². The highest BCUT2D eigenvalue weighted by molar-refractivity contribution is 6.04. The van der Waals surface area contributed by atoms with Crippen molar-refractivity contribution >= 4 is 22.9 Å². The molecule has 1 unspecified atom stereocenters. The summed E-state index contributed by atoms with van der Waals surface area (Å²) in [7, 11) is 0. The molecule has 2 N–H and O–H groups in total. The zero-order valence-corrected chi connectivity index (χ0v) is 30.5. The van der Waals surface area contributed by atoms with Crippen LogP contribution in [-0.4, -0.2) is 24.8 Å². The number of anilines is 2. The summed E-state index contributed by atoms with van der Waals surface area (Å²) in [5.41, 5.74) is 2.13. The Labute approximate surface area is 292 Å². The maximum Gasteiger partial charge on any atom is 0.187 e. The number of ether oxygens (including phenoxy) is 2. The molecule has 48 heavy (non-hydrogen) atoms. The topological polar surface area (TPSA) is 76.7 Å². The van der Waals surface area contributed by atoms with Crippen molar-refractivity contribution in [2.75, 3.05) is 23.8 Å².